The fraction of sp³-hybridized carbons (Fsp3) is 0.0308. The second kappa shape index (κ2) is 18.0. The Balaban J connectivity index is 1.12. The maximum atomic E-state index is 5.38. The minimum atomic E-state index is -2.82. The lowest BCUT2D eigenvalue weighted by atomic mass is 9.99. The molecular weight excluding hydrogens is 865 g/mol. The van der Waals surface area contributed by atoms with Crippen LogP contribution in [0.25, 0.3) is 83.9 Å². The Morgan fingerprint density at radius 3 is 1.33 bits per heavy atom. The Morgan fingerprint density at radius 1 is 0.300 bits per heavy atom. The zero-order chi connectivity index (χ0) is 47.0. The summed E-state index contributed by atoms with van der Waals surface area (Å²) in [6, 6.07) is 92.3. The Kier molecular flexibility index (Phi) is 11.0. The third kappa shape index (κ3) is 7.63. The second-order valence-corrected chi connectivity index (χ2v) is 22.0. The van der Waals surface area contributed by atoms with Crippen LogP contribution < -0.4 is 20.7 Å². The maximum absolute atomic E-state index is 5.38. The van der Waals surface area contributed by atoms with Crippen molar-refractivity contribution in [2.75, 3.05) is 0 Å². The number of hydrogen-bond donors (Lipinski definition) is 0. The average molecular weight is 913 g/mol. The Morgan fingerprint density at radius 2 is 0.743 bits per heavy atom. The average Bonchev–Trinajstić information content (AvgIpc) is 3.75. The largest absolute Gasteiger partial charge is 0.309 e. The molecule has 0 aliphatic heterocycles. The summed E-state index contributed by atoms with van der Waals surface area (Å²) in [6.07, 6.45) is 0. The predicted octanol–water partition coefficient (Wildman–Crippen LogP) is 13.3. The lowest BCUT2D eigenvalue weighted by molar-refractivity contribution is 1.06. The Hall–Kier alpha value is -8.77. The first-order chi connectivity index (χ1) is 34.5. The molecule has 4 nitrogen and oxygen atoms in total. The molecule has 2 aromatic heterocycles. The minimum Gasteiger partial charge on any atom is -0.309 e. The van der Waals surface area contributed by atoms with Crippen LogP contribution in [0.2, 0.25) is 0 Å². The van der Waals surface area contributed by atoms with Crippen LogP contribution in [-0.2, 0) is 0 Å². The Labute approximate surface area is 409 Å². The van der Waals surface area contributed by atoms with E-state index in [-0.39, 0.29) is 0 Å². The SMILES string of the molecule is Cc1cc(C)cc(-c2ccc3c(c2)c2ccccc2n3-c2ccc(-c3cccc([Si](c4ccccc4)(c4ccccc4)c4ccccc4)c3)cc2-c2nc(-c3ccccc3)nc(-c3ccccc3)n2)c1. The molecule has 5 heteroatoms. The van der Waals surface area contributed by atoms with Crippen LogP contribution in [0.3, 0.4) is 0 Å². The highest BCUT2D eigenvalue weighted by Crippen LogP contribution is 2.40. The van der Waals surface area contributed by atoms with Crippen molar-refractivity contribution in [3.8, 4) is 62.1 Å². The van der Waals surface area contributed by atoms with Gasteiger partial charge in [-0.15, -0.1) is 0 Å². The summed E-state index contributed by atoms with van der Waals surface area (Å²) in [5.41, 5.74) is 13.0. The van der Waals surface area contributed by atoms with Crippen LogP contribution in [0, 0.1) is 13.8 Å². The monoisotopic (exact) mass is 912 g/mol. The predicted molar refractivity (Wildman–Crippen MR) is 294 cm³/mol. The molecule has 0 saturated heterocycles. The molecule has 0 aliphatic rings. The van der Waals surface area contributed by atoms with Crippen LogP contribution in [-0.4, -0.2) is 27.6 Å². The standard InChI is InChI=1S/C65H48N4Si/c1-45-39-46(2)41-52(40-45)51-36-37-61-58(43-51)57-33-18-19-34-60(57)69(61)62-38-35-50(44-59(62)65-67-63(47-21-8-3-9-22-47)66-64(68-65)48-23-10-4-11-24-48)49-25-20-32-56(42-49)70(53-26-12-5-13-27-53,54-28-14-6-15-29-54)55-30-16-7-17-31-55/h3-44H,1-2H3. The molecule has 0 unspecified atom stereocenters. The first-order valence-corrected chi connectivity index (χ1v) is 25.9. The van der Waals surface area contributed by atoms with Crippen molar-refractivity contribution in [1.29, 1.82) is 0 Å². The second-order valence-electron chi connectivity index (χ2n) is 18.2. The van der Waals surface area contributed by atoms with Gasteiger partial charge in [0.2, 0.25) is 0 Å². The van der Waals surface area contributed by atoms with Crippen molar-refractivity contribution in [3.05, 3.63) is 266 Å². The van der Waals surface area contributed by atoms with Crippen molar-refractivity contribution < 1.29 is 0 Å². The van der Waals surface area contributed by atoms with E-state index in [2.05, 4.69) is 237 Å². The number of fused-ring (bicyclic) bond motifs is 3. The molecule has 0 radical (unpaired) electrons. The molecule has 12 rings (SSSR count). The maximum Gasteiger partial charge on any atom is 0.179 e. The lowest BCUT2D eigenvalue weighted by Gasteiger charge is -2.34. The third-order valence-electron chi connectivity index (χ3n) is 13.7. The van der Waals surface area contributed by atoms with Crippen molar-refractivity contribution >= 4 is 50.6 Å². The smallest absolute Gasteiger partial charge is 0.179 e. The van der Waals surface area contributed by atoms with Gasteiger partial charge in [0.05, 0.1) is 16.7 Å². The highest BCUT2D eigenvalue weighted by molar-refractivity contribution is 7.19. The van der Waals surface area contributed by atoms with Gasteiger partial charge in [0.25, 0.3) is 0 Å². The molecule has 332 valence electrons. The number of nitrogens with zero attached hydrogens (tertiary/aromatic N) is 4. The first-order valence-electron chi connectivity index (χ1n) is 23.9. The van der Waals surface area contributed by atoms with Gasteiger partial charge in [-0.25, -0.2) is 15.0 Å². The van der Waals surface area contributed by atoms with E-state index in [9.17, 15) is 0 Å². The van der Waals surface area contributed by atoms with E-state index in [0.29, 0.717) is 17.5 Å². The number of hydrogen-bond acceptors (Lipinski definition) is 3. The van der Waals surface area contributed by atoms with E-state index in [1.165, 1.54) is 53.8 Å². The summed E-state index contributed by atoms with van der Waals surface area (Å²) in [7, 11) is -2.82. The molecule has 0 amide bonds. The topological polar surface area (TPSA) is 43.6 Å². The Bertz CT molecular complexity index is 3660. The third-order valence-corrected chi connectivity index (χ3v) is 18.4. The molecule has 0 bridgehead atoms. The van der Waals surface area contributed by atoms with E-state index in [0.717, 1.165) is 44.5 Å². The van der Waals surface area contributed by atoms with Crippen LogP contribution in [0.5, 0.6) is 0 Å². The van der Waals surface area contributed by atoms with E-state index in [1.807, 2.05) is 36.4 Å². The quantitative estimate of drug-likeness (QED) is 0.101. The van der Waals surface area contributed by atoms with Crippen LogP contribution in [0.15, 0.2) is 255 Å². The molecule has 0 aliphatic carbocycles. The number of para-hydroxylation sites is 1. The van der Waals surface area contributed by atoms with Crippen LogP contribution >= 0.6 is 0 Å². The zero-order valence-corrected chi connectivity index (χ0v) is 40.0. The van der Waals surface area contributed by atoms with E-state index < -0.39 is 8.07 Å². The normalized spacial score (nSPS) is 11.6. The highest BCUT2D eigenvalue weighted by Gasteiger charge is 2.41. The first kappa shape index (κ1) is 42.6. The van der Waals surface area contributed by atoms with Crippen LogP contribution in [0.4, 0.5) is 0 Å². The molecule has 70 heavy (non-hydrogen) atoms. The fourth-order valence-electron chi connectivity index (χ4n) is 10.6. The fourth-order valence-corrected chi connectivity index (χ4v) is 15.4. The van der Waals surface area contributed by atoms with Gasteiger partial charge in [-0.2, -0.15) is 0 Å². The molecule has 2 heterocycles. The van der Waals surface area contributed by atoms with Gasteiger partial charge in [0.1, 0.15) is 0 Å². The van der Waals surface area contributed by atoms with Crippen molar-refractivity contribution in [2.45, 2.75) is 13.8 Å². The van der Waals surface area contributed by atoms with Gasteiger partial charge < -0.3 is 4.57 Å². The van der Waals surface area contributed by atoms with Crippen molar-refractivity contribution in [1.82, 2.24) is 19.5 Å². The van der Waals surface area contributed by atoms with E-state index in [1.54, 1.807) is 0 Å². The molecular formula is C65H48N4Si. The highest BCUT2D eigenvalue weighted by atomic mass is 28.3. The number of benzene rings is 10. The van der Waals surface area contributed by atoms with E-state index >= 15 is 0 Å². The minimum absolute atomic E-state index is 0.597. The number of rotatable bonds is 10. The molecule has 0 saturated carbocycles. The summed E-state index contributed by atoms with van der Waals surface area (Å²) in [5.74, 6) is 1.83. The summed E-state index contributed by atoms with van der Waals surface area (Å²) < 4.78 is 2.40. The summed E-state index contributed by atoms with van der Waals surface area (Å²) in [5, 5.41) is 7.67. The molecule has 0 fully saturated rings. The summed E-state index contributed by atoms with van der Waals surface area (Å²) in [4.78, 5) is 15.9. The number of aromatic nitrogens is 4. The van der Waals surface area contributed by atoms with Gasteiger partial charge in [-0.3, -0.25) is 0 Å². The van der Waals surface area contributed by atoms with Gasteiger partial charge in [0, 0.05) is 27.5 Å². The zero-order valence-electron chi connectivity index (χ0n) is 39.0. The lowest BCUT2D eigenvalue weighted by Crippen LogP contribution is -2.74. The molecule has 0 spiro atoms. The van der Waals surface area contributed by atoms with Crippen molar-refractivity contribution in [3.63, 3.8) is 0 Å². The summed E-state index contributed by atoms with van der Waals surface area (Å²) >= 11 is 0. The van der Waals surface area contributed by atoms with Crippen LogP contribution in [0.1, 0.15) is 11.1 Å². The van der Waals surface area contributed by atoms with Gasteiger partial charge in [-0.05, 0) is 87.2 Å². The number of aryl methyl sites for hydroxylation is 2. The van der Waals surface area contributed by atoms with Crippen molar-refractivity contribution in [2.24, 2.45) is 0 Å². The van der Waals surface area contributed by atoms with Gasteiger partial charge in [0.15, 0.2) is 25.5 Å². The van der Waals surface area contributed by atoms with Gasteiger partial charge >= 0.3 is 0 Å². The summed E-state index contributed by atoms with van der Waals surface area (Å²) in [6.45, 7) is 4.34. The molecule has 0 atom stereocenters. The van der Waals surface area contributed by atoms with E-state index in [4.69, 9.17) is 15.0 Å². The molecule has 12 aromatic rings. The molecule has 10 aromatic carbocycles. The molecule has 0 N–H and O–H groups in total. The van der Waals surface area contributed by atoms with Gasteiger partial charge in [-0.1, -0.05) is 236 Å².